The van der Waals surface area contributed by atoms with Crippen LogP contribution in [0.3, 0.4) is 0 Å². The average Bonchev–Trinajstić information content (AvgIpc) is 3.08. The molecule has 6 heteroatoms. The highest BCUT2D eigenvalue weighted by molar-refractivity contribution is 5.95. The number of rotatable bonds is 6. The molecule has 2 aromatic carbocycles. The predicted octanol–water partition coefficient (Wildman–Crippen LogP) is 3.14. The van der Waals surface area contributed by atoms with Crippen molar-refractivity contribution in [1.29, 1.82) is 0 Å². The molecule has 3 aromatic rings. The topological polar surface area (TPSA) is 72.4 Å². The second-order valence-corrected chi connectivity index (χ2v) is 6.73. The van der Waals surface area contributed by atoms with E-state index in [4.69, 9.17) is 4.74 Å². The minimum absolute atomic E-state index is 0.121. The van der Waals surface area contributed by atoms with Crippen LogP contribution in [0.2, 0.25) is 0 Å². The molecule has 1 heterocycles. The maximum absolute atomic E-state index is 12.2. The molecule has 140 valence electrons. The third-order valence-corrected chi connectivity index (χ3v) is 4.01. The van der Waals surface area contributed by atoms with E-state index in [1.807, 2.05) is 41.1 Å². The average molecular weight is 365 g/mol. The van der Waals surface area contributed by atoms with E-state index in [9.17, 15) is 9.59 Å². The van der Waals surface area contributed by atoms with Crippen molar-refractivity contribution in [1.82, 2.24) is 15.4 Å². The lowest BCUT2D eigenvalue weighted by Gasteiger charge is -2.10. The van der Waals surface area contributed by atoms with Crippen LogP contribution in [-0.4, -0.2) is 23.0 Å². The first-order valence-corrected chi connectivity index (χ1v) is 8.89. The number of hydrazine groups is 1. The van der Waals surface area contributed by atoms with E-state index >= 15 is 0 Å². The van der Waals surface area contributed by atoms with E-state index in [1.165, 1.54) is 0 Å². The van der Waals surface area contributed by atoms with Gasteiger partial charge < -0.3 is 9.30 Å². The van der Waals surface area contributed by atoms with Gasteiger partial charge in [0.15, 0.2) is 0 Å². The van der Waals surface area contributed by atoms with E-state index in [0.717, 1.165) is 10.9 Å². The molecule has 0 aliphatic heterocycles. The van der Waals surface area contributed by atoms with Crippen LogP contribution >= 0.6 is 0 Å². The molecule has 0 saturated carbocycles. The molecule has 3 rings (SSSR count). The van der Waals surface area contributed by atoms with Gasteiger partial charge in [-0.3, -0.25) is 20.4 Å². The molecule has 2 amide bonds. The summed E-state index contributed by atoms with van der Waals surface area (Å²) in [5.41, 5.74) is 6.30. The summed E-state index contributed by atoms with van der Waals surface area (Å²) in [4.78, 5) is 24.3. The first kappa shape index (κ1) is 18.5. The minimum atomic E-state index is -0.379. The number of nitrogens with one attached hydrogen (secondary N) is 2. The second kappa shape index (κ2) is 8.40. The molecule has 0 atom stereocenters. The van der Waals surface area contributed by atoms with Gasteiger partial charge in [0.25, 0.3) is 11.8 Å². The Bertz CT molecular complexity index is 929. The summed E-state index contributed by atoms with van der Waals surface area (Å²) >= 11 is 0. The highest BCUT2D eigenvalue weighted by Gasteiger charge is 2.09. The van der Waals surface area contributed by atoms with Crippen molar-refractivity contribution in [2.75, 3.05) is 6.61 Å². The number of amides is 2. The van der Waals surface area contributed by atoms with Crippen LogP contribution in [-0.2, 0) is 11.3 Å². The number of hydrogen-bond donors (Lipinski definition) is 2. The van der Waals surface area contributed by atoms with Crippen molar-refractivity contribution < 1.29 is 14.3 Å². The minimum Gasteiger partial charge on any atom is -0.493 e. The molecule has 0 bridgehead atoms. The van der Waals surface area contributed by atoms with Gasteiger partial charge in [-0.1, -0.05) is 32.0 Å². The second-order valence-electron chi connectivity index (χ2n) is 6.73. The Balaban J connectivity index is 1.51. The Morgan fingerprint density at radius 2 is 1.74 bits per heavy atom. The number of aromatic nitrogens is 1. The van der Waals surface area contributed by atoms with Gasteiger partial charge in [0.2, 0.25) is 0 Å². The van der Waals surface area contributed by atoms with Crippen molar-refractivity contribution >= 4 is 22.7 Å². The lowest BCUT2D eigenvalue weighted by molar-refractivity contribution is -0.122. The molecule has 27 heavy (non-hydrogen) atoms. The van der Waals surface area contributed by atoms with Gasteiger partial charge in [-0.15, -0.1) is 0 Å². The normalized spacial score (nSPS) is 10.8. The standard InChI is InChI=1S/C21H23N3O3/c1-15(2)14-27-18-9-7-17(8-10-18)21(26)23-22-20(25)13-24-12-11-16-5-3-4-6-19(16)24/h3-12,15H,13-14H2,1-2H3,(H,22,25)(H,23,26). The zero-order valence-electron chi connectivity index (χ0n) is 15.4. The fourth-order valence-corrected chi connectivity index (χ4v) is 2.64. The van der Waals surface area contributed by atoms with Gasteiger partial charge in [-0.2, -0.15) is 0 Å². The fraction of sp³-hybridized carbons (Fsp3) is 0.238. The van der Waals surface area contributed by atoms with E-state index in [0.29, 0.717) is 23.8 Å². The maximum atomic E-state index is 12.2. The largest absolute Gasteiger partial charge is 0.493 e. The number of hydrogen-bond acceptors (Lipinski definition) is 3. The van der Waals surface area contributed by atoms with Crippen molar-refractivity contribution in [2.45, 2.75) is 20.4 Å². The molecule has 6 nitrogen and oxygen atoms in total. The number of nitrogens with zero attached hydrogens (tertiary/aromatic N) is 1. The third kappa shape index (κ3) is 4.88. The SMILES string of the molecule is CC(C)COc1ccc(C(=O)NNC(=O)Cn2ccc3ccccc32)cc1. The van der Waals surface area contributed by atoms with Crippen LogP contribution < -0.4 is 15.6 Å². The Morgan fingerprint density at radius 1 is 1.00 bits per heavy atom. The molecule has 1 aromatic heterocycles. The van der Waals surface area contributed by atoms with Gasteiger partial charge in [-0.05, 0) is 47.7 Å². The molecule has 0 radical (unpaired) electrons. The molecule has 2 N–H and O–H groups in total. The fourth-order valence-electron chi connectivity index (χ4n) is 2.64. The van der Waals surface area contributed by atoms with Crippen molar-refractivity contribution in [3.8, 4) is 5.75 Å². The van der Waals surface area contributed by atoms with E-state index in [2.05, 4.69) is 24.7 Å². The molecule has 0 aliphatic rings. The maximum Gasteiger partial charge on any atom is 0.269 e. The predicted molar refractivity (Wildman–Crippen MR) is 104 cm³/mol. The molecule has 0 saturated heterocycles. The van der Waals surface area contributed by atoms with Crippen molar-refractivity contribution in [3.05, 3.63) is 66.4 Å². The zero-order valence-corrected chi connectivity index (χ0v) is 15.4. The lowest BCUT2D eigenvalue weighted by Crippen LogP contribution is -2.43. The van der Waals surface area contributed by atoms with Gasteiger partial charge in [0, 0.05) is 17.3 Å². The van der Waals surface area contributed by atoms with Gasteiger partial charge in [0.05, 0.1) is 6.61 Å². The van der Waals surface area contributed by atoms with Gasteiger partial charge in [-0.25, -0.2) is 0 Å². The Hall–Kier alpha value is -3.28. The van der Waals surface area contributed by atoms with E-state index in [1.54, 1.807) is 24.3 Å². The Labute approximate surface area is 158 Å². The van der Waals surface area contributed by atoms with Crippen molar-refractivity contribution in [3.63, 3.8) is 0 Å². The summed E-state index contributed by atoms with van der Waals surface area (Å²) in [5.74, 6) is 0.460. The number of carbonyl (C=O) groups is 2. The quantitative estimate of drug-likeness (QED) is 0.659. The van der Waals surface area contributed by atoms with Crippen LogP contribution in [0.4, 0.5) is 0 Å². The first-order chi connectivity index (χ1) is 13.0. The summed E-state index contributed by atoms with van der Waals surface area (Å²) in [6, 6.07) is 16.6. The highest BCUT2D eigenvalue weighted by Crippen LogP contribution is 2.15. The van der Waals surface area contributed by atoms with E-state index < -0.39 is 0 Å². The monoisotopic (exact) mass is 365 g/mol. The van der Waals surface area contributed by atoms with Gasteiger partial charge in [0.1, 0.15) is 12.3 Å². The smallest absolute Gasteiger partial charge is 0.269 e. The summed E-state index contributed by atoms with van der Waals surface area (Å²) in [7, 11) is 0. The first-order valence-electron chi connectivity index (χ1n) is 8.89. The molecule has 0 spiro atoms. The van der Waals surface area contributed by atoms with Crippen LogP contribution in [0.1, 0.15) is 24.2 Å². The molecular formula is C21H23N3O3. The molecule has 0 unspecified atom stereocenters. The number of carbonyl (C=O) groups excluding carboxylic acids is 2. The highest BCUT2D eigenvalue weighted by atomic mass is 16.5. The Kier molecular flexibility index (Phi) is 5.76. The van der Waals surface area contributed by atoms with Gasteiger partial charge >= 0.3 is 0 Å². The van der Waals surface area contributed by atoms with Crippen LogP contribution in [0.5, 0.6) is 5.75 Å². The molecule has 0 fully saturated rings. The Morgan fingerprint density at radius 3 is 2.48 bits per heavy atom. The number of fused-ring (bicyclic) bond motifs is 1. The molecular weight excluding hydrogens is 342 g/mol. The number of ether oxygens (including phenoxy) is 1. The zero-order chi connectivity index (χ0) is 19.2. The summed E-state index contributed by atoms with van der Waals surface area (Å²) in [6.45, 7) is 4.88. The number of para-hydroxylation sites is 1. The lowest BCUT2D eigenvalue weighted by atomic mass is 10.2. The summed E-state index contributed by atoms with van der Waals surface area (Å²) in [6.07, 6.45) is 1.85. The molecule has 0 aliphatic carbocycles. The summed E-state index contributed by atoms with van der Waals surface area (Å²) in [5, 5.41) is 1.06. The van der Waals surface area contributed by atoms with Crippen molar-refractivity contribution in [2.24, 2.45) is 5.92 Å². The number of benzene rings is 2. The van der Waals surface area contributed by atoms with Crippen LogP contribution in [0.15, 0.2) is 60.8 Å². The summed E-state index contributed by atoms with van der Waals surface area (Å²) < 4.78 is 7.42. The van der Waals surface area contributed by atoms with Crippen LogP contribution in [0.25, 0.3) is 10.9 Å². The third-order valence-electron chi connectivity index (χ3n) is 4.01. The van der Waals surface area contributed by atoms with Crippen LogP contribution in [0, 0.1) is 5.92 Å². The van der Waals surface area contributed by atoms with E-state index in [-0.39, 0.29) is 18.4 Å².